The molecule has 0 aliphatic carbocycles. The molecule has 290 valence electrons. The topological polar surface area (TPSA) is 6.48 Å². The first-order valence-corrected chi connectivity index (χ1v) is 21.0. The first-order chi connectivity index (χ1) is 26.6. The molecule has 0 N–H and O–H groups in total. The van der Waals surface area contributed by atoms with E-state index in [1.165, 1.54) is 95.0 Å². The molecule has 0 saturated heterocycles. The first kappa shape index (κ1) is 38.8. The van der Waals surface area contributed by atoms with E-state index >= 15 is 0 Å². The summed E-state index contributed by atoms with van der Waals surface area (Å²) in [5, 5.41) is 0. The van der Waals surface area contributed by atoms with Gasteiger partial charge in [-0.15, -0.1) is 0 Å². The predicted octanol–water partition coefficient (Wildman–Crippen LogP) is 13.2. The molecule has 0 atom stereocenters. The summed E-state index contributed by atoms with van der Waals surface area (Å²) in [6.07, 6.45) is 0. The molecule has 2 nitrogen and oxygen atoms in total. The second kappa shape index (κ2) is 13.3. The smallest absolute Gasteiger partial charge is 0.252 e. The predicted molar refractivity (Wildman–Crippen MR) is 250 cm³/mol. The fourth-order valence-corrected chi connectivity index (χ4v) is 9.05. The number of hydrogen-bond donors (Lipinski definition) is 0. The van der Waals surface area contributed by atoms with Crippen LogP contribution in [-0.2, 0) is 21.7 Å². The Labute approximate surface area is 344 Å². The van der Waals surface area contributed by atoms with Crippen LogP contribution in [0.15, 0.2) is 115 Å². The van der Waals surface area contributed by atoms with Crippen LogP contribution in [0, 0.1) is 13.8 Å². The zero-order chi connectivity index (χ0) is 41.0. The van der Waals surface area contributed by atoms with Gasteiger partial charge in [0.15, 0.2) is 0 Å². The highest BCUT2D eigenvalue weighted by Crippen LogP contribution is 2.48. The van der Waals surface area contributed by atoms with Crippen LogP contribution in [0.4, 0.5) is 34.1 Å². The van der Waals surface area contributed by atoms with Crippen molar-refractivity contribution in [2.24, 2.45) is 0 Å². The van der Waals surface area contributed by atoms with Crippen molar-refractivity contribution in [2.75, 3.05) is 9.80 Å². The van der Waals surface area contributed by atoms with Gasteiger partial charge in [-0.05, 0) is 134 Å². The Hall–Kier alpha value is -5.02. The maximum Gasteiger partial charge on any atom is 0.252 e. The van der Waals surface area contributed by atoms with E-state index in [0.29, 0.717) is 0 Å². The number of rotatable bonds is 3. The van der Waals surface area contributed by atoms with E-state index in [1.54, 1.807) is 0 Å². The van der Waals surface area contributed by atoms with Crippen molar-refractivity contribution in [3.05, 3.63) is 149 Å². The van der Waals surface area contributed by atoms with E-state index in [1.807, 2.05) is 0 Å². The van der Waals surface area contributed by atoms with Gasteiger partial charge in [-0.2, -0.15) is 0 Å². The lowest BCUT2D eigenvalue weighted by Gasteiger charge is -2.45. The van der Waals surface area contributed by atoms with Crippen molar-refractivity contribution in [1.29, 1.82) is 0 Å². The van der Waals surface area contributed by atoms with Crippen molar-refractivity contribution < 1.29 is 0 Å². The Kier molecular flexibility index (Phi) is 9.04. The van der Waals surface area contributed by atoms with Gasteiger partial charge in [0.1, 0.15) is 0 Å². The average molecular weight is 749 g/mol. The van der Waals surface area contributed by atoms with E-state index in [0.717, 1.165) is 0 Å². The molecule has 0 radical (unpaired) electrons. The van der Waals surface area contributed by atoms with Gasteiger partial charge in [0, 0.05) is 34.0 Å². The molecule has 0 saturated carbocycles. The molecule has 0 bridgehead atoms. The van der Waals surface area contributed by atoms with Gasteiger partial charge in [-0.1, -0.05) is 155 Å². The van der Waals surface area contributed by atoms with Crippen LogP contribution in [0.5, 0.6) is 0 Å². The molecule has 57 heavy (non-hydrogen) atoms. The summed E-state index contributed by atoms with van der Waals surface area (Å²) >= 11 is 0. The van der Waals surface area contributed by atoms with Crippen molar-refractivity contribution in [3.8, 4) is 11.1 Å². The third kappa shape index (κ3) is 6.71. The zero-order valence-electron chi connectivity index (χ0n) is 36.9. The fraction of sp³-hybridized carbons (Fsp3) is 0.333. The first-order valence-electron chi connectivity index (χ1n) is 21.0. The number of nitrogens with zero attached hydrogens (tertiary/aromatic N) is 2. The summed E-state index contributed by atoms with van der Waals surface area (Å²) in [6, 6.07) is 45.1. The third-order valence-electron chi connectivity index (χ3n) is 12.5. The van der Waals surface area contributed by atoms with E-state index in [-0.39, 0.29) is 28.4 Å². The van der Waals surface area contributed by atoms with Gasteiger partial charge in [0.05, 0.1) is 5.69 Å². The molecule has 2 aliphatic rings. The lowest BCUT2D eigenvalue weighted by Crippen LogP contribution is -2.61. The van der Waals surface area contributed by atoms with E-state index in [9.17, 15) is 0 Å². The van der Waals surface area contributed by atoms with Crippen LogP contribution in [0.2, 0.25) is 0 Å². The van der Waals surface area contributed by atoms with Crippen LogP contribution in [0.1, 0.15) is 116 Å². The minimum Gasteiger partial charge on any atom is -0.311 e. The fourth-order valence-electron chi connectivity index (χ4n) is 9.05. The highest BCUT2D eigenvalue weighted by Gasteiger charge is 2.44. The number of aryl methyl sites for hydroxylation is 2. The Morgan fingerprint density at radius 1 is 0.386 bits per heavy atom. The Balaban J connectivity index is 1.48. The lowest BCUT2D eigenvalue weighted by atomic mass is 9.33. The van der Waals surface area contributed by atoms with Crippen molar-refractivity contribution in [2.45, 2.75) is 119 Å². The maximum atomic E-state index is 2.59. The Morgan fingerprint density at radius 3 is 1.35 bits per heavy atom. The molecule has 8 rings (SSSR count). The molecular formula is C54H61BN2. The molecule has 2 heterocycles. The molecular weight excluding hydrogens is 687 g/mol. The standard InChI is InChI=1S/C54H61BN2/c1-34-18-26-41(35(2)30-34)42-31-37(52(6,7)8)21-27-45(42)57-47-29-23-39(54(12,13)14)33-44(47)55-43-32-38(53(9,10)11)22-28-46(43)56(48-16-15-17-49(57)50(48)55)40-24-19-36(20-25-40)51(3,4)5/h15-33H,1-14H3. The summed E-state index contributed by atoms with van der Waals surface area (Å²) in [5.74, 6) is 0. The molecule has 6 aromatic rings. The second-order valence-electron chi connectivity index (χ2n) is 21.0. The number of benzene rings is 6. The normalized spacial score (nSPS) is 14.0. The zero-order valence-corrected chi connectivity index (χ0v) is 36.9. The van der Waals surface area contributed by atoms with E-state index in [4.69, 9.17) is 0 Å². The average Bonchev–Trinajstić information content (AvgIpc) is 3.13. The van der Waals surface area contributed by atoms with Crippen molar-refractivity contribution >= 4 is 57.2 Å². The van der Waals surface area contributed by atoms with Crippen LogP contribution in [0.25, 0.3) is 11.1 Å². The minimum absolute atomic E-state index is 0.000398. The van der Waals surface area contributed by atoms with Gasteiger partial charge in [-0.3, -0.25) is 0 Å². The van der Waals surface area contributed by atoms with E-state index in [2.05, 4.69) is 222 Å². The minimum atomic E-state index is -0.0101. The molecule has 0 fully saturated rings. The SMILES string of the molecule is Cc1ccc(-c2cc(C(C)(C)C)ccc2N2c3ccc(C(C)(C)C)cc3B3c4cc(C(C)(C)C)ccc4N(c4ccc(C(C)(C)C)cc4)c4cccc2c43)c(C)c1. The van der Waals surface area contributed by atoms with Gasteiger partial charge in [0.25, 0.3) is 6.71 Å². The summed E-state index contributed by atoms with van der Waals surface area (Å²) < 4.78 is 0. The lowest BCUT2D eigenvalue weighted by molar-refractivity contribution is 0.590. The highest BCUT2D eigenvalue weighted by atomic mass is 15.2. The molecule has 0 amide bonds. The molecule has 0 unspecified atom stereocenters. The molecule has 0 aromatic heterocycles. The maximum absolute atomic E-state index is 2.59. The molecule has 3 heteroatoms. The van der Waals surface area contributed by atoms with Crippen LogP contribution >= 0.6 is 0 Å². The van der Waals surface area contributed by atoms with Gasteiger partial charge < -0.3 is 9.80 Å². The van der Waals surface area contributed by atoms with Crippen molar-refractivity contribution in [1.82, 2.24) is 0 Å². The number of hydrogen-bond acceptors (Lipinski definition) is 2. The monoisotopic (exact) mass is 748 g/mol. The largest absolute Gasteiger partial charge is 0.311 e. The van der Waals surface area contributed by atoms with Crippen LogP contribution < -0.4 is 26.2 Å². The quantitative estimate of drug-likeness (QED) is 0.166. The summed E-state index contributed by atoms with van der Waals surface area (Å²) in [7, 11) is 0. The van der Waals surface area contributed by atoms with E-state index < -0.39 is 0 Å². The highest BCUT2D eigenvalue weighted by molar-refractivity contribution is 7.00. The van der Waals surface area contributed by atoms with Crippen molar-refractivity contribution in [3.63, 3.8) is 0 Å². The van der Waals surface area contributed by atoms with Gasteiger partial charge >= 0.3 is 0 Å². The number of fused-ring (bicyclic) bond motifs is 4. The second-order valence-corrected chi connectivity index (χ2v) is 21.0. The van der Waals surface area contributed by atoms with Gasteiger partial charge in [0.2, 0.25) is 0 Å². The number of anilines is 6. The van der Waals surface area contributed by atoms with Crippen LogP contribution in [0.3, 0.4) is 0 Å². The summed E-state index contributed by atoms with van der Waals surface area (Å²) in [5.41, 5.74) is 22.1. The van der Waals surface area contributed by atoms with Crippen LogP contribution in [-0.4, -0.2) is 6.71 Å². The summed E-state index contributed by atoms with van der Waals surface area (Å²) in [6.45, 7) is 32.4. The molecule has 2 aliphatic heterocycles. The summed E-state index contributed by atoms with van der Waals surface area (Å²) in [4.78, 5) is 5.13. The third-order valence-corrected chi connectivity index (χ3v) is 12.5. The van der Waals surface area contributed by atoms with Gasteiger partial charge in [-0.25, -0.2) is 0 Å². The molecule has 6 aromatic carbocycles. The Bertz CT molecular complexity index is 2530. The molecule has 0 spiro atoms. The Morgan fingerprint density at radius 2 is 0.842 bits per heavy atom.